The summed E-state index contributed by atoms with van der Waals surface area (Å²) in [6.07, 6.45) is 0. The molecule has 2 aromatic carbocycles. The fourth-order valence-electron chi connectivity index (χ4n) is 3.30. The summed E-state index contributed by atoms with van der Waals surface area (Å²) in [5.74, 6) is -12.5. The van der Waals surface area contributed by atoms with Crippen LogP contribution in [0, 0.1) is 34.9 Å². The van der Waals surface area contributed by atoms with E-state index in [1.165, 1.54) is 23.5 Å². The number of anilines is 1. The number of sulfonamides is 1. The van der Waals surface area contributed by atoms with Crippen LogP contribution in [0.5, 0.6) is 0 Å². The molecule has 0 radical (unpaired) electrons. The van der Waals surface area contributed by atoms with Crippen LogP contribution in [0.1, 0.15) is 0 Å². The lowest BCUT2D eigenvalue weighted by Crippen LogP contribution is -2.49. The van der Waals surface area contributed by atoms with Crippen molar-refractivity contribution in [2.24, 2.45) is 0 Å². The number of hydrogen-bond acceptors (Lipinski definition) is 5. The van der Waals surface area contributed by atoms with Gasteiger partial charge in [0.05, 0.1) is 5.69 Å². The van der Waals surface area contributed by atoms with Gasteiger partial charge in [-0.05, 0) is 18.2 Å². The Bertz CT molecular complexity index is 1290. The van der Waals surface area contributed by atoms with Gasteiger partial charge in [-0.3, -0.25) is 0 Å². The summed E-state index contributed by atoms with van der Waals surface area (Å²) < 4.78 is 108. The van der Waals surface area contributed by atoms with Crippen LogP contribution in [0.15, 0.2) is 28.5 Å². The maximum Gasteiger partial charge on any atom is 0.249 e. The van der Waals surface area contributed by atoms with Crippen LogP contribution in [0.3, 0.4) is 0 Å². The summed E-state index contributed by atoms with van der Waals surface area (Å²) in [6, 6.07) is 3.92. The van der Waals surface area contributed by atoms with Gasteiger partial charge in [-0.25, -0.2) is 39.7 Å². The van der Waals surface area contributed by atoms with Crippen molar-refractivity contribution in [3.05, 3.63) is 63.5 Å². The van der Waals surface area contributed by atoms with Crippen molar-refractivity contribution in [2.45, 2.75) is 4.90 Å². The number of hydrogen-bond donors (Lipinski definition) is 0. The topological polar surface area (TPSA) is 53.5 Å². The van der Waals surface area contributed by atoms with E-state index in [-0.39, 0.29) is 31.2 Å². The highest BCUT2D eigenvalue weighted by atomic mass is 35.5. The van der Waals surface area contributed by atoms with E-state index in [2.05, 4.69) is 4.98 Å². The highest BCUT2D eigenvalue weighted by Gasteiger charge is 2.38. The molecular weight excluding hydrogens is 516 g/mol. The van der Waals surface area contributed by atoms with Gasteiger partial charge < -0.3 is 4.90 Å². The Labute approximate surface area is 192 Å². The zero-order valence-electron chi connectivity index (χ0n) is 16.3. The fourth-order valence-corrected chi connectivity index (χ4v) is 5.95. The number of piperazine rings is 1. The van der Waals surface area contributed by atoms with E-state index in [1.807, 2.05) is 0 Å². The summed E-state index contributed by atoms with van der Waals surface area (Å²) in [4.78, 5) is 4.18. The fraction of sp³-hybridized carbons (Fsp3) is 0.211. The van der Waals surface area contributed by atoms with Gasteiger partial charge in [0.2, 0.25) is 15.8 Å². The van der Waals surface area contributed by atoms with Gasteiger partial charge in [0, 0.05) is 42.1 Å². The third-order valence-electron chi connectivity index (χ3n) is 4.93. The summed E-state index contributed by atoms with van der Waals surface area (Å²) >= 11 is 7.06. The van der Waals surface area contributed by atoms with Gasteiger partial charge in [0.15, 0.2) is 33.3 Å². The van der Waals surface area contributed by atoms with Crippen LogP contribution in [0.25, 0.3) is 11.3 Å². The minimum absolute atomic E-state index is 0.0332. The molecule has 0 amide bonds. The predicted octanol–water partition coefficient (Wildman–Crippen LogP) is 4.81. The maximum absolute atomic E-state index is 14.0. The number of thiazole rings is 1. The SMILES string of the molecule is O=S(=O)(c1c(F)c(F)c(F)c(F)c1F)N1CCN(c2nc(-c3cc(F)cc(Cl)c3)cs2)CC1. The zero-order chi connectivity index (χ0) is 24.1. The van der Waals surface area contributed by atoms with Gasteiger partial charge in [0.1, 0.15) is 5.82 Å². The van der Waals surface area contributed by atoms with Gasteiger partial charge in [-0.2, -0.15) is 4.31 Å². The van der Waals surface area contributed by atoms with Crippen LogP contribution in [-0.4, -0.2) is 43.9 Å². The molecule has 0 aliphatic carbocycles. The first-order valence-corrected chi connectivity index (χ1v) is 11.9. The van der Waals surface area contributed by atoms with E-state index in [9.17, 15) is 34.8 Å². The van der Waals surface area contributed by atoms with E-state index in [4.69, 9.17) is 11.6 Å². The Kier molecular flexibility index (Phi) is 6.33. The Morgan fingerprint density at radius 3 is 2.00 bits per heavy atom. The van der Waals surface area contributed by atoms with Crippen molar-refractivity contribution < 1.29 is 34.8 Å². The molecule has 14 heteroatoms. The predicted molar refractivity (Wildman–Crippen MR) is 110 cm³/mol. The molecule has 0 spiro atoms. The lowest BCUT2D eigenvalue weighted by atomic mass is 10.2. The average Bonchev–Trinajstić information content (AvgIpc) is 3.26. The minimum Gasteiger partial charge on any atom is -0.345 e. The van der Waals surface area contributed by atoms with E-state index in [0.717, 1.165) is 6.07 Å². The Morgan fingerprint density at radius 1 is 0.848 bits per heavy atom. The monoisotopic (exact) mass is 527 g/mol. The second-order valence-electron chi connectivity index (χ2n) is 6.96. The lowest BCUT2D eigenvalue weighted by Gasteiger charge is -2.33. The van der Waals surface area contributed by atoms with Crippen molar-refractivity contribution in [2.75, 3.05) is 31.1 Å². The molecule has 0 N–H and O–H groups in total. The molecule has 0 saturated carbocycles. The number of aromatic nitrogens is 1. The molecule has 1 fully saturated rings. The van der Waals surface area contributed by atoms with Crippen molar-refractivity contribution in [3.63, 3.8) is 0 Å². The summed E-state index contributed by atoms with van der Waals surface area (Å²) in [7, 11) is -5.00. The van der Waals surface area contributed by atoms with Crippen LogP contribution in [0.4, 0.5) is 31.5 Å². The standard InChI is InChI=1S/C19H12ClF6N3O2S2/c20-10-5-9(6-11(21)7-10)12-8-32-19(27-12)28-1-3-29(4-2-28)33(30,31)18-16(25)14(23)13(22)15(24)17(18)26/h5-8H,1-4H2. The molecule has 4 rings (SSSR count). The number of rotatable bonds is 4. The van der Waals surface area contributed by atoms with E-state index >= 15 is 0 Å². The number of nitrogens with zero attached hydrogens (tertiary/aromatic N) is 3. The molecule has 3 aromatic rings. The lowest BCUT2D eigenvalue weighted by molar-refractivity contribution is 0.344. The highest BCUT2D eigenvalue weighted by Crippen LogP contribution is 2.32. The van der Waals surface area contributed by atoms with E-state index < -0.39 is 49.8 Å². The maximum atomic E-state index is 14.0. The molecule has 1 aliphatic heterocycles. The molecule has 33 heavy (non-hydrogen) atoms. The van der Waals surface area contributed by atoms with Crippen LogP contribution in [-0.2, 0) is 10.0 Å². The molecule has 5 nitrogen and oxygen atoms in total. The minimum atomic E-state index is -5.00. The summed E-state index contributed by atoms with van der Waals surface area (Å²) in [6.45, 7) is -0.512. The molecule has 1 aliphatic rings. The molecule has 0 atom stereocenters. The van der Waals surface area contributed by atoms with Gasteiger partial charge in [-0.15, -0.1) is 11.3 Å². The quantitative estimate of drug-likeness (QED) is 0.278. The molecular formula is C19H12ClF6N3O2S2. The molecule has 1 saturated heterocycles. The first kappa shape index (κ1) is 23.8. The summed E-state index contributed by atoms with van der Waals surface area (Å²) in [5, 5.41) is 2.31. The number of halogens is 7. The molecule has 1 aromatic heterocycles. The van der Waals surface area contributed by atoms with E-state index in [0.29, 0.717) is 20.7 Å². The molecule has 0 bridgehead atoms. The zero-order valence-corrected chi connectivity index (χ0v) is 18.6. The Hall–Kier alpha value is -2.35. The van der Waals surface area contributed by atoms with Crippen molar-refractivity contribution in [1.82, 2.24) is 9.29 Å². The smallest absolute Gasteiger partial charge is 0.249 e. The first-order valence-electron chi connectivity index (χ1n) is 9.19. The van der Waals surface area contributed by atoms with Crippen LogP contribution >= 0.6 is 22.9 Å². The highest BCUT2D eigenvalue weighted by molar-refractivity contribution is 7.89. The van der Waals surface area contributed by atoms with Crippen LogP contribution in [0.2, 0.25) is 5.02 Å². The average molecular weight is 528 g/mol. The van der Waals surface area contributed by atoms with Crippen molar-refractivity contribution >= 4 is 38.1 Å². The number of benzene rings is 2. The van der Waals surface area contributed by atoms with Crippen molar-refractivity contribution in [3.8, 4) is 11.3 Å². The normalized spacial score (nSPS) is 15.3. The molecule has 2 heterocycles. The second kappa shape index (κ2) is 8.78. The first-order chi connectivity index (χ1) is 15.5. The summed E-state index contributed by atoms with van der Waals surface area (Å²) in [5.41, 5.74) is 0.878. The van der Waals surface area contributed by atoms with Gasteiger partial charge >= 0.3 is 0 Å². The third-order valence-corrected chi connectivity index (χ3v) is 7.97. The molecule has 0 unspecified atom stereocenters. The van der Waals surface area contributed by atoms with Gasteiger partial charge in [0.25, 0.3) is 0 Å². The third kappa shape index (κ3) is 4.29. The Balaban J connectivity index is 1.54. The Morgan fingerprint density at radius 2 is 1.42 bits per heavy atom. The van der Waals surface area contributed by atoms with Gasteiger partial charge in [-0.1, -0.05) is 11.6 Å². The van der Waals surface area contributed by atoms with E-state index in [1.54, 1.807) is 10.3 Å². The second-order valence-corrected chi connectivity index (χ2v) is 10.1. The molecule has 176 valence electrons. The largest absolute Gasteiger partial charge is 0.345 e. The van der Waals surface area contributed by atoms with Crippen LogP contribution < -0.4 is 4.90 Å². The van der Waals surface area contributed by atoms with Crippen molar-refractivity contribution in [1.29, 1.82) is 0 Å².